The Kier molecular flexibility index (Phi) is 6.66. The maximum atomic E-state index is 9.85. The molecule has 2 aromatic heterocycles. The molecule has 0 bridgehead atoms. The van der Waals surface area contributed by atoms with Gasteiger partial charge in [-0.05, 0) is 12.1 Å². The lowest BCUT2D eigenvalue weighted by Crippen LogP contribution is -2.61. The van der Waals surface area contributed by atoms with Crippen molar-refractivity contribution in [3.63, 3.8) is 0 Å². The Morgan fingerprint density at radius 1 is 1.09 bits per heavy atom. The highest BCUT2D eigenvalue weighted by Gasteiger charge is 2.36. The number of aliphatic hydroxyl groups excluding tert-OH is 1. The highest BCUT2D eigenvalue weighted by Crippen LogP contribution is 2.33. The number of piperazine rings is 1. The predicted octanol–water partition coefficient (Wildman–Crippen LogP) is 2.85. The van der Waals surface area contributed by atoms with E-state index in [1.165, 1.54) is 6.39 Å². The number of oxazole rings is 1. The molecule has 0 aliphatic carbocycles. The van der Waals surface area contributed by atoms with E-state index >= 15 is 0 Å². The van der Waals surface area contributed by atoms with Gasteiger partial charge in [0.1, 0.15) is 12.3 Å². The first kappa shape index (κ1) is 22.9. The molecule has 180 valence electrons. The Bertz CT molecular complexity index is 1250. The topological polar surface area (TPSA) is 118 Å². The molecule has 5 rings (SSSR count). The van der Waals surface area contributed by atoms with Gasteiger partial charge >= 0.3 is 5.95 Å². The molecule has 1 saturated heterocycles. The van der Waals surface area contributed by atoms with Crippen molar-refractivity contribution in [3.8, 4) is 28.5 Å². The number of nitrogens with zero attached hydrogens (tertiary/aromatic N) is 5. The van der Waals surface area contributed by atoms with Crippen LogP contribution in [-0.2, 0) is 0 Å². The third-order valence-electron chi connectivity index (χ3n) is 6.20. The van der Waals surface area contributed by atoms with Crippen LogP contribution in [0, 0.1) is 0 Å². The summed E-state index contributed by atoms with van der Waals surface area (Å²) in [5, 5.41) is 16.6. The smallest absolute Gasteiger partial charge is 0.334 e. The number of nitrogens with one attached hydrogen (secondary N) is 2. The van der Waals surface area contributed by atoms with Crippen molar-refractivity contribution in [2.24, 2.45) is 0 Å². The zero-order chi connectivity index (χ0) is 24.1. The first-order valence-corrected chi connectivity index (χ1v) is 11.5. The average Bonchev–Trinajstić information content (AvgIpc) is 3.44. The van der Waals surface area contributed by atoms with E-state index in [4.69, 9.17) is 24.1 Å². The molecule has 2 aromatic carbocycles. The first-order chi connectivity index (χ1) is 17.2. The van der Waals surface area contributed by atoms with Crippen LogP contribution in [0.15, 0.2) is 65.5 Å². The van der Waals surface area contributed by atoms with Gasteiger partial charge in [0.05, 0.1) is 38.6 Å². The van der Waals surface area contributed by atoms with E-state index in [1.807, 2.05) is 48.5 Å². The number of aromatic nitrogens is 4. The van der Waals surface area contributed by atoms with Gasteiger partial charge in [0, 0.05) is 30.4 Å². The lowest BCUT2D eigenvalue weighted by molar-refractivity contribution is 0.174. The van der Waals surface area contributed by atoms with Crippen LogP contribution in [0.1, 0.15) is 0 Å². The molecule has 3 heterocycles. The molecule has 10 nitrogen and oxygen atoms in total. The summed E-state index contributed by atoms with van der Waals surface area (Å²) in [6.45, 7) is 3.83. The zero-order valence-corrected chi connectivity index (χ0v) is 19.5. The maximum Gasteiger partial charge on any atom is 0.334 e. The number of ether oxygens (including phenoxy) is 1. The van der Waals surface area contributed by atoms with Crippen LogP contribution in [0.5, 0.6) is 5.75 Å². The summed E-state index contributed by atoms with van der Waals surface area (Å²) in [7, 11) is 1.61. The third-order valence-corrected chi connectivity index (χ3v) is 6.20. The summed E-state index contributed by atoms with van der Waals surface area (Å²) in [5.74, 6) is 2.91. The van der Waals surface area contributed by atoms with E-state index < -0.39 is 0 Å². The summed E-state index contributed by atoms with van der Waals surface area (Å²) in [5.41, 5.74) is 2.45. The van der Waals surface area contributed by atoms with Crippen molar-refractivity contribution in [1.29, 1.82) is 0 Å². The highest BCUT2D eigenvalue weighted by molar-refractivity contribution is 5.71. The molecule has 3 N–H and O–H groups in total. The minimum Gasteiger partial charge on any atom is -0.496 e. The van der Waals surface area contributed by atoms with E-state index in [0.29, 0.717) is 40.3 Å². The highest BCUT2D eigenvalue weighted by atomic mass is 16.5. The zero-order valence-electron chi connectivity index (χ0n) is 19.5. The number of hydrogen-bond donors (Lipinski definition) is 3. The fourth-order valence-corrected chi connectivity index (χ4v) is 4.34. The van der Waals surface area contributed by atoms with Crippen LogP contribution >= 0.6 is 0 Å². The molecule has 0 amide bonds. The number of rotatable bonds is 8. The fourth-order valence-electron chi connectivity index (χ4n) is 4.34. The van der Waals surface area contributed by atoms with Crippen LogP contribution in [0.2, 0.25) is 0 Å². The Balaban J connectivity index is 1.55. The van der Waals surface area contributed by atoms with Crippen molar-refractivity contribution < 1.29 is 14.3 Å². The van der Waals surface area contributed by atoms with Crippen molar-refractivity contribution in [2.75, 3.05) is 51.8 Å². The summed E-state index contributed by atoms with van der Waals surface area (Å²) in [4.78, 5) is 18.4. The van der Waals surface area contributed by atoms with Gasteiger partial charge < -0.3 is 24.9 Å². The Morgan fingerprint density at radius 2 is 1.91 bits per heavy atom. The largest absolute Gasteiger partial charge is 0.496 e. The molecule has 1 aliphatic heterocycles. The number of aliphatic hydroxyl groups is 1. The van der Waals surface area contributed by atoms with E-state index in [2.05, 4.69) is 15.6 Å². The van der Waals surface area contributed by atoms with Gasteiger partial charge in [0.2, 0.25) is 5.95 Å². The van der Waals surface area contributed by atoms with Gasteiger partial charge in [-0.25, -0.2) is 4.98 Å². The van der Waals surface area contributed by atoms with E-state index in [9.17, 15) is 5.11 Å². The summed E-state index contributed by atoms with van der Waals surface area (Å²) in [6, 6.07) is 15.5. The molecule has 4 aromatic rings. The molecule has 1 fully saturated rings. The van der Waals surface area contributed by atoms with E-state index in [1.54, 1.807) is 13.3 Å². The second kappa shape index (κ2) is 10.2. The summed E-state index contributed by atoms with van der Waals surface area (Å²) in [6.07, 6.45) is 3.03. The molecular formula is C25H28N7O3+. The second-order valence-electron chi connectivity index (χ2n) is 8.34. The fraction of sp³-hybridized carbons (Fsp3) is 0.280. The summed E-state index contributed by atoms with van der Waals surface area (Å²) < 4.78 is 11.5. The van der Waals surface area contributed by atoms with Crippen molar-refractivity contribution in [1.82, 2.24) is 29.7 Å². The quantitative estimate of drug-likeness (QED) is 0.331. The van der Waals surface area contributed by atoms with Crippen molar-refractivity contribution >= 4 is 17.6 Å². The van der Waals surface area contributed by atoms with Gasteiger partial charge in [-0.3, -0.25) is 4.48 Å². The van der Waals surface area contributed by atoms with E-state index in [0.717, 1.165) is 43.0 Å². The number of anilines is 2. The van der Waals surface area contributed by atoms with Crippen molar-refractivity contribution in [3.05, 3.63) is 61.1 Å². The molecule has 10 heteroatoms. The SMILES string of the molecule is COc1cc(Nc2nc(-c3ccccc3)nc([N+]3(CCO)CCNCC3)n2)ccc1-c1cnco1. The van der Waals surface area contributed by atoms with Gasteiger partial charge in [0.25, 0.3) is 0 Å². The number of benzene rings is 2. The Morgan fingerprint density at radius 3 is 2.63 bits per heavy atom. The molecule has 0 unspecified atom stereocenters. The normalized spacial score (nSPS) is 15.0. The van der Waals surface area contributed by atoms with Crippen LogP contribution in [0.4, 0.5) is 17.6 Å². The van der Waals surface area contributed by atoms with E-state index in [-0.39, 0.29) is 6.61 Å². The minimum atomic E-state index is 0.0510. The molecule has 0 radical (unpaired) electrons. The Hall–Kier alpha value is -3.86. The van der Waals surface area contributed by atoms with Crippen molar-refractivity contribution in [2.45, 2.75) is 0 Å². The van der Waals surface area contributed by atoms with Crippen LogP contribution in [-0.4, -0.2) is 71.5 Å². The second-order valence-corrected chi connectivity index (χ2v) is 8.34. The predicted molar refractivity (Wildman–Crippen MR) is 133 cm³/mol. The standard InChI is InChI=1S/C25H28N7O3/c1-34-21-15-19(7-8-20(21)22-16-27-17-35-22)28-24-29-23(18-5-3-2-4-6-18)30-25(31-24)32(13-14-33)11-9-26-10-12-32/h2-8,15-17,26,33H,9-14H2,1H3,(H,28,29,30,31)/q+1. The minimum absolute atomic E-state index is 0.0510. The van der Waals surface area contributed by atoms with Gasteiger partial charge in [-0.15, -0.1) is 4.98 Å². The monoisotopic (exact) mass is 474 g/mol. The summed E-state index contributed by atoms with van der Waals surface area (Å²) >= 11 is 0. The number of hydrogen-bond acceptors (Lipinski definition) is 9. The molecule has 35 heavy (non-hydrogen) atoms. The van der Waals surface area contributed by atoms with Gasteiger partial charge in [-0.1, -0.05) is 30.3 Å². The number of methoxy groups -OCH3 is 1. The van der Waals surface area contributed by atoms with Crippen LogP contribution in [0.3, 0.4) is 0 Å². The third kappa shape index (κ3) is 4.85. The lowest BCUT2D eigenvalue weighted by Gasteiger charge is -2.38. The van der Waals surface area contributed by atoms with Gasteiger partial charge in [0.15, 0.2) is 18.0 Å². The molecule has 0 atom stereocenters. The average molecular weight is 475 g/mol. The van der Waals surface area contributed by atoms with Crippen LogP contribution in [0.25, 0.3) is 22.7 Å². The Labute approximate surface area is 203 Å². The van der Waals surface area contributed by atoms with Crippen LogP contribution < -0.4 is 19.9 Å². The molecular weight excluding hydrogens is 446 g/mol. The first-order valence-electron chi connectivity index (χ1n) is 11.5. The lowest BCUT2D eigenvalue weighted by atomic mass is 10.1. The maximum absolute atomic E-state index is 9.85. The number of quaternary nitrogens is 1. The molecule has 0 saturated carbocycles. The molecule has 1 aliphatic rings. The van der Waals surface area contributed by atoms with Gasteiger partial charge in [-0.2, -0.15) is 9.97 Å². The molecule has 0 spiro atoms.